The summed E-state index contributed by atoms with van der Waals surface area (Å²) in [6.45, 7) is 11.7. The molecule has 0 rings (SSSR count). The van der Waals surface area contributed by atoms with Crippen molar-refractivity contribution < 1.29 is 19.4 Å². The van der Waals surface area contributed by atoms with Crippen molar-refractivity contribution in [3.8, 4) is 0 Å². The number of carboxylic acids is 1. The molecule has 0 aliphatic rings. The molecule has 0 aliphatic carbocycles. The monoisotopic (exact) mass is 737 g/mol. The molecule has 0 aliphatic heterocycles. The number of carbonyl (C=O) groups is 2. The first-order valence-electron chi connectivity index (χ1n) is 23.8. The highest BCUT2D eigenvalue weighted by Crippen LogP contribution is 2.35. The Labute approximate surface area is 327 Å². The first kappa shape index (κ1) is 53.0. The van der Waals surface area contributed by atoms with Crippen LogP contribution in [0.1, 0.15) is 285 Å². The zero-order valence-corrected chi connectivity index (χ0v) is 36.5. The summed E-state index contributed by atoms with van der Waals surface area (Å²) in [5, 5.41) is 9.76. The molecule has 0 aromatic carbocycles. The molecular weight excluding hydrogens is 641 g/mol. The molecule has 0 spiro atoms. The van der Waals surface area contributed by atoms with Crippen molar-refractivity contribution in [2.24, 2.45) is 5.41 Å². The summed E-state index contributed by atoms with van der Waals surface area (Å²) in [5.74, 6) is -0.541. The molecule has 1 N–H and O–H groups in total. The average Bonchev–Trinajstić information content (AvgIpc) is 3.14. The van der Waals surface area contributed by atoms with E-state index in [4.69, 9.17) is 4.74 Å². The lowest BCUT2D eigenvalue weighted by atomic mass is 9.76. The number of unbranched alkanes of at least 4 members (excludes halogenated alkanes) is 31. The SMILES string of the molecule is CCCCCCCCCCCCCCC(CC)(CCCCCC)C(=O)O.CCCCCCCCCCCCCCCC(=O)OCCCCCCCC. The van der Waals surface area contributed by atoms with Gasteiger partial charge in [-0.25, -0.2) is 0 Å². The van der Waals surface area contributed by atoms with Crippen molar-refractivity contribution >= 4 is 11.9 Å². The number of hydrogen-bond acceptors (Lipinski definition) is 3. The van der Waals surface area contributed by atoms with Crippen molar-refractivity contribution in [2.45, 2.75) is 285 Å². The van der Waals surface area contributed by atoms with Gasteiger partial charge in [0, 0.05) is 6.42 Å². The van der Waals surface area contributed by atoms with E-state index in [1.807, 2.05) is 0 Å². The Morgan fingerprint density at radius 3 is 0.962 bits per heavy atom. The molecule has 0 fully saturated rings. The normalized spacial score (nSPS) is 12.3. The molecule has 1 unspecified atom stereocenters. The molecule has 4 heteroatoms. The Bertz CT molecular complexity index is 706. The van der Waals surface area contributed by atoms with E-state index >= 15 is 0 Å². The Balaban J connectivity index is 0. The molecule has 312 valence electrons. The highest BCUT2D eigenvalue weighted by atomic mass is 16.5. The van der Waals surface area contributed by atoms with Crippen molar-refractivity contribution in [3.05, 3.63) is 0 Å². The van der Waals surface area contributed by atoms with E-state index in [9.17, 15) is 14.7 Å². The number of carbonyl (C=O) groups excluding carboxylic acids is 1. The van der Waals surface area contributed by atoms with Crippen LogP contribution in [0.2, 0.25) is 0 Å². The van der Waals surface area contributed by atoms with Gasteiger partial charge in [0.05, 0.1) is 12.0 Å². The summed E-state index contributed by atoms with van der Waals surface area (Å²) in [7, 11) is 0. The minimum Gasteiger partial charge on any atom is -0.481 e. The van der Waals surface area contributed by atoms with Gasteiger partial charge in [0.15, 0.2) is 0 Å². The third kappa shape index (κ3) is 38.7. The van der Waals surface area contributed by atoms with Crippen LogP contribution in [-0.2, 0) is 14.3 Å². The van der Waals surface area contributed by atoms with Crippen LogP contribution >= 0.6 is 0 Å². The molecule has 0 radical (unpaired) electrons. The van der Waals surface area contributed by atoms with Crippen LogP contribution in [0, 0.1) is 5.41 Å². The van der Waals surface area contributed by atoms with E-state index in [0.717, 1.165) is 44.9 Å². The second-order valence-electron chi connectivity index (χ2n) is 16.4. The van der Waals surface area contributed by atoms with E-state index in [1.165, 1.54) is 199 Å². The predicted molar refractivity (Wildman–Crippen MR) is 229 cm³/mol. The van der Waals surface area contributed by atoms with Gasteiger partial charge in [0.1, 0.15) is 0 Å². The summed E-state index contributed by atoms with van der Waals surface area (Å²) in [6, 6.07) is 0. The third-order valence-corrected chi connectivity index (χ3v) is 11.4. The Hall–Kier alpha value is -1.06. The predicted octanol–water partition coefficient (Wildman–Crippen LogP) is 16.9. The van der Waals surface area contributed by atoms with Gasteiger partial charge in [-0.1, -0.05) is 247 Å². The number of carboxylic acid groups (broad SMARTS) is 1. The average molecular weight is 737 g/mol. The Kier molecular flexibility index (Phi) is 45.2. The molecule has 0 bridgehead atoms. The number of rotatable bonds is 41. The molecule has 1 atom stereocenters. The molecule has 0 saturated carbocycles. The standard InChI is InChI=1S/2C24H48O2/c1-4-7-9-11-12-13-14-15-16-17-18-20-22-24(6-3,23(25)26)21-19-10-8-5-2;1-3-5-7-9-11-12-13-14-15-16-17-18-20-22-24(25)26-23-21-19-10-8-6-4-2/h4-22H2,1-3H3,(H,25,26);3-23H2,1-2H3. The van der Waals surface area contributed by atoms with E-state index < -0.39 is 11.4 Å². The number of esters is 1. The van der Waals surface area contributed by atoms with Crippen molar-refractivity contribution in [1.29, 1.82) is 0 Å². The summed E-state index contributed by atoms with van der Waals surface area (Å²) < 4.78 is 5.32. The quantitative estimate of drug-likeness (QED) is 0.0501. The Morgan fingerprint density at radius 1 is 0.385 bits per heavy atom. The zero-order chi connectivity index (χ0) is 38.6. The van der Waals surface area contributed by atoms with Crippen LogP contribution in [0.15, 0.2) is 0 Å². The minimum atomic E-state index is -0.556. The molecule has 52 heavy (non-hydrogen) atoms. The molecule has 0 aromatic rings. The van der Waals surface area contributed by atoms with Crippen molar-refractivity contribution in [1.82, 2.24) is 0 Å². The maximum absolute atomic E-state index is 11.8. The fourth-order valence-corrected chi connectivity index (χ4v) is 7.47. The molecular formula is C48H96O4. The molecule has 4 nitrogen and oxygen atoms in total. The topological polar surface area (TPSA) is 63.6 Å². The lowest BCUT2D eigenvalue weighted by Crippen LogP contribution is -2.30. The molecule has 0 saturated heterocycles. The van der Waals surface area contributed by atoms with Crippen LogP contribution < -0.4 is 0 Å². The first-order valence-corrected chi connectivity index (χ1v) is 23.8. The van der Waals surface area contributed by atoms with Gasteiger partial charge in [-0.15, -0.1) is 0 Å². The summed E-state index contributed by atoms with van der Waals surface area (Å²) in [6.07, 6.45) is 48.8. The maximum Gasteiger partial charge on any atom is 0.309 e. The van der Waals surface area contributed by atoms with Gasteiger partial charge in [0.25, 0.3) is 0 Å². The summed E-state index contributed by atoms with van der Waals surface area (Å²) >= 11 is 0. The van der Waals surface area contributed by atoms with Crippen LogP contribution in [0.3, 0.4) is 0 Å². The third-order valence-electron chi connectivity index (χ3n) is 11.4. The Morgan fingerprint density at radius 2 is 0.654 bits per heavy atom. The molecule has 0 heterocycles. The second-order valence-corrected chi connectivity index (χ2v) is 16.4. The van der Waals surface area contributed by atoms with E-state index in [1.54, 1.807) is 0 Å². The number of aliphatic carboxylic acids is 1. The van der Waals surface area contributed by atoms with Crippen LogP contribution in [0.25, 0.3) is 0 Å². The lowest BCUT2D eigenvalue weighted by molar-refractivity contribution is -0.150. The van der Waals surface area contributed by atoms with Gasteiger partial charge in [-0.2, -0.15) is 0 Å². The van der Waals surface area contributed by atoms with Gasteiger partial charge in [-0.3, -0.25) is 9.59 Å². The summed E-state index contributed by atoms with van der Waals surface area (Å²) in [5.41, 5.74) is -0.452. The number of hydrogen-bond donors (Lipinski definition) is 1. The number of ether oxygens (including phenoxy) is 1. The van der Waals surface area contributed by atoms with Gasteiger partial charge in [0.2, 0.25) is 0 Å². The lowest BCUT2D eigenvalue weighted by Gasteiger charge is -2.28. The largest absolute Gasteiger partial charge is 0.481 e. The van der Waals surface area contributed by atoms with Crippen molar-refractivity contribution in [2.75, 3.05) is 6.61 Å². The first-order chi connectivity index (χ1) is 25.4. The molecule has 0 aromatic heterocycles. The van der Waals surface area contributed by atoms with E-state index in [0.29, 0.717) is 13.0 Å². The smallest absolute Gasteiger partial charge is 0.309 e. The van der Waals surface area contributed by atoms with Crippen LogP contribution in [-0.4, -0.2) is 23.7 Å². The van der Waals surface area contributed by atoms with Gasteiger partial charge in [-0.05, 0) is 32.1 Å². The van der Waals surface area contributed by atoms with Crippen LogP contribution in [0.5, 0.6) is 0 Å². The fraction of sp³-hybridized carbons (Fsp3) is 0.958. The van der Waals surface area contributed by atoms with Crippen molar-refractivity contribution in [3.63, 3.8) is 0 Å². The zero-order valence-electron chi connectivity index (χ0n) is 36.5. The van der Waals surface area contributed by atoms with E-state index in [-0.39, 0.29) is 5.97 Å². The minimum absolute atomic E-state index is 0.0154. The maximum atomic E-state index is 11.8. The second kappa shape index (κ2) is 44.3. The van der Waals surface area contributed by atoms with E-state index in [2.05, 4.69) is 34.6 Å². The summed E-state index contributed by atoms with van der Waals surface area (Å²) in [4.78, 5) is 23.5. The van der Waals surface area contributed by atoms with Crippen LogP contribution in [0.4, 0.5) is 0 Å². The fourth-order valence-electron chi connectivity index (χ4n) is 7.47. The highest BCUT2D eigenvalue weighted by Gasteiger charge is 2.35. The van der Waals surface area contributed by atoms with Gasteiger partial charge < -0.3 is 9.84 Å². The molecule has 0 amide bonds. The van der Waals surface area contributed by atoms with Gasteiger partial charge >= 0.3 is 11.9 Å². The highest BCUT2D eigenvalue weighted by molar-refractivity contribution is 5.74.